The van der Waals surface area contributed by atoms with Crippen molar-refractivity contribution in [3.05, 3.63) is 59.4 Å². The number of hydrogen-bond acceptors (Lipinski definition) is 5. The molecule has 0 spiro atoms. The van der Waals surface area contributed by atoms with E-state index in [9.17, 15) is 32.3 Å². The average Bonchev–Trinajstić information content (AvgIpc) is 2.72. The predicted octanol–water partition coefficient (Wildman–Crippen LogP) is 2.95. The molecule has 166 valence electrons. The number of carbonyl (C=O) groups is 2. The van der Waals surface area contributed by atoms with Gasteiger partial charge >= 0.3 is 12.2 Å². The van der Waals surface area contributed by atoms with Crippen LogP contribution in [0.5, 0.6) is 11.5 Å². The molecule has 3 rings (SSSR count). The average molecular weight is 442 g/mol. The summed E-state index contributed by atoms with van der Waals surface area (Å²) in [7, 11) is 2.66. The molecule has 2 aromatic rings. The SMILES string of the molecule is COc1ccc([C@@H]2NC(=O)N[C@](O)(C(F)(F)F)[C@@H]2C(=O)c2ccc(F)cc2)cc1OC. The predicted molar refractivity (Wildman–Crippen MR) is 99.2 cm³/mol. The van der Waals surface area contributed by atoms with E-state index < -0.39 is 41.5 Å². The van der Waals surface area contributed by atoms with Crippen molar-refractivity contribution >= 4 is 11.8 Å². The van der Waals surface area contributed by atoms with Gasteiger partial charge in [0.2, 0.25) is 5.72 Å². The van der Waals surface area contributed by atoms with Crippen LogP contribution in [0.25, 0.3) is 0 Å². The largest absolute Gasteiger partial charge is 0.493 e. The molecule has 0 radical (unpaired) electrons. The van der Waals surface area contributed by atoms with Crippen LogP contribution in [-0.4, -0.2) is 43.0 Å². The Balaban J connectivity index is 2.18. The molecule has 0 aromatic heterocycles. The van der Waals surface area contributed by atoms with Crippen molar-refractivity contribution in [1.29, 1.82) is 0 Å². The van der Waals surface area contributed by atoms with Crippen LogP contribution in [-0.2, 0) is 0 Å². The summed E-state index contributed by atoms with van der Waals surface area (Å²) in [6, 6.07) is 4.87. The maximum absolute atomic E-state index is 13.9. The lowest BCUT2D eigenvalue weighted by molar-refractivity contribution is -0.287. The summed E-state index contributed by atoms with van der Waals surface area (Å²) < 4.78 is 65.2. The minimum Gasteiger partial charge on any atom is -0.493 e. The number of hydrogen-bond donors (Lipinski definition) is 3. The lowest BCUT2D eigenvalue weighted by Gasteiger charge is -2.45. The first-order valence-corrected chi connectivity index (χ1v) is 8.91. The van der Waals surface area contributed by atoms with Gasteiger partial charge in [0, 0.05) is 5.56 Å². The van der Waals surface area contributed by atoms with Crippen LogP contribution in [0.15, 0.2) is 42.5 Å². The smallest absolute Gasteiger partial charge is 0.437 e. The molecule has 0 aliphatic carbocycles. The van der Waals surface area contributed by atoms with Gasteiger partial charge in [-0.25, -0.2) is 9.18 Å². The van der Waals surface area contributed by atoms with Crippen LogP contribution >= 0.6 is 0 Å². The lowest BCUT2D eigenvalue weighted by atomic mass is 9.77. The number of ketones is 1. The topological polar surface area (TPSA) is 96.9 Å². The number of urea groups is 1. The molecule has 2 aromatic carbocycles. The third-order valence-electron chi connectivity index (χ3n) is 4.98. The number of ether oxygens (including phenoxy) is 2. The summed E-state index contributed by atoms with van der Waals surface area (Å²) >= 11 is 0. The number of benzene rings is 2. The van der Waals surface area contributed by atoms with Crippen molar-refractivity contribution in [3.63, 3.8) is 0 Å². The first kappa shape index (κ1) is 22.3. The molecule has 0 saturated carbocycles. The summed E-state index contributed by atoms with van der Waals surface area (Å²) in [6.07, 6.45) is -5.40. The van der Waals surface area contributed by atoms with E-state index in [1.54, 1.807) is 0 Å². The van der Waals surface area contributed by atoms with E-state index in [4.69, 9.17) is 9.47 Å². The molecule has 2 amide bonds. The van der Waals surface area contributed by atoms with Gasteiger partial charge in [-0.1, -0.05) is 6.07 Å². The Kier molecular flexibility index (Phi) is 5.81. The minimum absolute atomic E-state index is 0.0515. The molecular weight excluding hydrogens is 424 g/mol. The van der Waals surface area contributed by atoms with Crippen LogP contribution in [0.4, 0.5) is 22.4 Å². The van der Waals surface area contributed by atoms with Gasteiger partial charge in [0.1, 0.15) is 11.7 Å². The Hall–Kier alpha value is -3.34. The zero-order chi connectivity index (χ0) is 23.0. The second-order valence-electron chi connectivity index (χ2n) is 6.80. The second kappa shape index (κ2) is 8.06. The number of Topliss-reactive ketones (excluding diaryl/α,β-unsaturated/α-hetero) is 1. The molecule has 3 N–H and O–H groups in total. The van der Waals surface area contributed by atoms with Gasteiger partial charge in [0.25, 0.3) is 0 Å². The molecule has 7 nitrogen and oxygen atoms in total. The van der Waals surface area contributed by atoms with E-state index in [2.05, 4.69) is 5.32 Å². The highest BCUT2D eigenvalue weighted by Crippen LogP contribution is 2.45. The standard InChI is InChI=1S/C20H18F4N2O5/c1-30-13-8-5-11(9-14(13)31-2)16-15(17(27)10-3-6-12(21)7-4-10)19(29,20(22,23)24)26-18(28)25-16/h3-9,15-16,29H,1-2H3,(H2,25,26,28)/t15-,16-,19+/m0/s1. The highest BCUT2D eigenvalue weighted by Gasteiger charge is 2.66. The lowest BCUT2D eigenvalue weighted by Crippen LogP contribution is -2.72. The summed E-state index contributed by atoms with van der Waals surface area (Å²) in [5.41, 5.74) is -4.12. The van der Waals surface area contributed by atoms with Crippen LogP contribution in [0, 0.1) is 11.7 Å². The zero-order valence-corrected chi connectivity index (χ0v) is 16.3. The van der Waals surface area contributed by atoms with Gasteiger partial charge in [0.05, 0.1) is 20.3 Å². The normalized spacial score (nSPS) is 23.5. The molecule has 0 bridgehead atoms. The fourth-order valence-electron chi connectivity index (χ4n) is 3.46. The van der Waals surface area contributed by atoms with E-state index in [0.717, 1.165) is 24.3 Å². The zero-order valence-electron chi connectivity index (χ0n) is 16.3. The Labute approximate surface area is 174 Å². The quantitative estimate of drug-likeness (QED) is 0.489. The maximum Gasteiger partial charge on any atom is 0.437 e. The summed E-state index contributed by atoms with van der Waals surface area (Å²) in [4.78, 5) is 25.1. The van der Waals surface area contributed by atoms with Gasteiger partial charge in [-0.05, 0) is 42.0 Å². The van der Waals surface area contributed by atoms with Gasteiger partial charge in [-0.3, -0.25) is 4.79 Å². The fourth-order valence-corrected chi connectivity index (χ4v) is 3.46. The molecule has 1 aliphatic rings. The van der Waals surface area contributed by atoms with E-state index in [0.29, 0.717) is 0 Å². The third-order valence-corrected chi connectivity index (χ3v) is 4.98. The van der Waals surface area contributed by atoms with Crippen molar-refractivity contribution < 1.29 is 41.7 Å². The van der Waals surface area contributed by atoms with Gasteiger partial charge in [0.15, 0.2) is 17.3 Å². The molecular formula is C20H18F4N2O5. The Morgan fingerprint density at radius 1 is 1.06 bits per heavy atom. The maximum atomic E-state index is 13.9. The molecule has 3 atom stereocenters. The summed E-state index contributed by atoms with van der Waals surface area (Å²) in [6.45, 7) is 0. The number of aliphatic hydroxyl groups is 1. The second-order valence-corrected chi connectivity index (χ2v) is 6.80. The van der Waals surface area contributed by atoms with E-state index in [1.807, 2.05) is 0 Å². The molecule has 1 heterocycles. The molecule has 1 fully saturated rings. The van der Waals surface area contributed by atoms with Crippen LogP contribution in [0.2, 0.25) is 0 Å². The minimum atomic E-state index is -5.40. The first-order valence-electron chi connectivity index (χ1n) is 8.91. The molecule has 1 saturated heterocycles. The van der Waals surface area contributed by atoms with Crippen molar-refractivity contribution in [1.82, 2.24) is 10.6 Å². The third kappa shape index (κ3) is 4.00. The van der Waals surface area contributed by atoms with E-state index in [-0.39, 0.29) is 22.6 Å². The van der Waals surface area contributed by atoms with Crippen molar-refractivity contribution in [2.45, 2.75) is 17.9 Å². The van der Waals surface area contributed by atoms with E-state index >= 15 is 0 Å². The van der Waals surface area contributed by atoms with Gasteiger partial charge < -0.3 is 25.2 Å². The van der Waals surface area contributed by atoms with Crippen LogP contribution < -0.4 is 20.1 Å². The molecule has 11 heteroatoms. The Morgan fingerprint density at radius 2 is 1.68 bits per heavy atom. The molecule has 1 aliphatic heterocycles. The number of carbonyl (C=O) groups excluding carboxylic acids is 2. The number of rotatable bonds is 5. The van der Waals surface area contributed by atoms with Crippen molar-refractivity contribution in [2.75, 3.05) is 14.2 Å². The van der Waals surface area contributed by atoms with Crippen molar-refractivity contribution in [2.24, 2.45) is 5.92 Å². The summed E-state index contributed by atoms with van der Waals surface area (Å²) in [5, 5.41) is 14.2. The summed E-state index contributed by atoms with van der Waals surface area (Å²) in [5.74, 6) is -3.70. The number of nitrogens with one attached hydrogen (secondary N) is 2. The Morgan fingerprint density at radius 3 is 2.23 bits per heavy atom. The Bertz CT molecular complexity index is 996. The van der Waals surface area contributed by atoms with Crippen LogP contribution in [0.3, 0.4) is 0 Å². The number of alkyl halides is 3. The first-order chi connectivity index (χ1) is 14.5. The molecule has 31 heavy (non-hydrogen) atoms. The molecule has 0 unspecified atom stereocenters. The monoisotopic (exact) mass is 442 g/mol. The van der Waals surface area contributed by atoms with E-state index in [1.165, 1.54) is 37.7 Å². The van der Waals surface area contributed by atoms with Crippen molar-refractivity contribution in [3.8, 4) is 11.5 Å². The highest BCUT2D eigenvalue weighted by molar-refractivity contribution is 6.00. The fraction of sp³-hybridized carbons (Fsp3) is 0.300. The van der Waals surface area contributed by atoms with Gasteiger partial charge in [-0.15, -0.1) is 0 Å². The number of amides is 2. The highest BCUT2D eigenvalue weighted by atomic mass is 19.4. The number of halogens is 4. The number of methoxy groups -OCH3 is 2. The van der Waals surface area contributed by atoms with Crippen LogP contribution in [0.1, 0.15) is 22.0 Å². The van der Waals surface area contributed by atoms with Gasteiger partial charge in [-0.2, -0.15) is 13.2 Å².